The van der Waals surface area contributed by atoms with E-state index in [1.54, 1.807) is 6.26 Å². The maximum Gasteiger partial charge on any atom is 0.326 e. The molecule has 14 heteroatoms. The van der Waals surface area contributed by atoms with Crippen molar-refractivity contribution in [1.82, 2.24) is 16.0 Å². The lowest BCUT2D eigenvalue weighted by molar-refractivity contribution is -0.142. The number of carbonyl (C=O) groups is 5. The molecule has 4 amide bonds. The van der Waals surface area contributed by atoms with Crippen molar-refractivity contribution in [2.75, 3.05) is 12.0 Å². The molecule has 5 unspecified atom stereocenters. The van der Waals surface area contributed by atoms with Gasteiger partial charge >= 0.3 is 5.97 Å². The average Bonchev–Trinajstić information content (AvgIpc) is 2.83. The Morgan fingerprint density at radius 1 is 0.946 bits per heavy atom. The first-order valence-electron chi connectivity index (χ1n) is 11.5. The monoisotopic (exact) mass is 541 g/mol. The molecule has 10 N–H and O–H groups in total. The largest absolute Gasteiger partial charge is 0.508 e. The van der Waals surface area contributed by atoms with Gasteiger partial charge in [0.05, 0.1) is 12.1 Å². The van der Waals surface area contributed by atoms with Crippen LogP contribution in [0.3, 0.4) is 0 Å². The first-order valence-corrected chi connectivity index (χ1v) is 12.9. The van der Waals surface area contributed by atoms with E-state index < -0.39 is 59.9 Å². The molecule has 1 rings (SSSR count). The standard InChI is InChI=1S/C23H35N5O8S/c1-12(29)19(28-20(32)15(24)7-8-18(25)31)22(34)26-16(9-10-37-2)21(33)27-17(23(35)36)11-13-3-5-14(30)6-4-13/h3-6,12,15-17,19,29-30H,7-11,24H2,1-2H3,(H2,25,31)(H,26,34)(H,27,33)(H,28,32)(H,35,36). The van der Waals surface area contributed by atoms with Gasteiger partial charge in [-0.15, -0.1) is 0 Å². The van der Waals surface area contributed by atoms with Gasteiger partial charge in [-0.05, 0) is 49.5 Å². The highest BCUT2D eigenvalue weighted by Gasteiger charge is 2.32. The van der Waals surface area contributed by atoms with E-state index in [4.69, 9.17) is 11.5 Å². The average molecular weight is 542 g/mol. The molecule has 0 bridgehead atoms. The second-order valence-electron chi connectivity index (χ2n) is 8.45. The highest BCUT2D eigenvalue weighted by atomic mass is 32.2. The van der Waals surface area contributed by atoms with Crippen LogP contribution in [0.4, 0.5) is 0 Å². The zero-order valence-corrected chi connectivity index (χ0v) is 21.5. The van der Waals surface area contributed by atoms with Gasteiger partial charge < -0.3 is 42.7 Å². The molecule has 0 heterocycles. The third-order valence-corrected chi connectivity index (χ3v) is 5.98. The number of aliphatic carboxylic acids is 1. The lowest BCUT2D eigenvalue weighted by atomic mass is 10.0. The van der Waals surface area contributed by atoms with Crippen molar-refractivity contribution in [2.24, 2.45) is 11.5 Å². The number of benzene rings is 1. The number of carboxylic acid groups (broad SMARTS) is 1. The second-order valence-corrected chi connectivity index (χ2v) is 9.44. The Balaban J connectivity index is 2.94. The molecule has 0 saturated heterocycles. The van der Waals surface area contributed by atoms with Gasteiger partial charge in [-0.25, -0.2) is 4.79 Å². The molecule has 0 aliphatic carbocycles. The molecule has 1 aromatic rings. The number of nitrogens with one attached hydrogen (secondary N) is 3. The van der Waals surface area contributed by atoms with Crippen LogP contribution in [0.2, 0.25) is 0 Å². The van der Waals surface area contributed by atoms with Crippen molar-refractivity contribution < 1.29 is 39.3 Å². The SMILES string of the molecule is CSCCC(NC(=O)C(NC(=O)C(N)CCC(N)=O)C(C)O)C(=O)NC(Cc1ccc(O)cc1)C(=O)O. The molecule has 206 valence electrons. The Bertz CT molecular complexity index is 944. The predicted octanol–water partition coefficient (Wildman–Crippen LogP) is -1.80. The summed E-state index contributed by atoms with van der Waals surface area (Å²) < 4.78 is 0. The number of thioether (sulfide) groups is 1. The van der Waals surface area contributed by atoms with Gasteiger partial charge in [0, 0.05) is 12.8 Å². The fourth-order valence-corrected chi connectivity index (χ4v) is 3.67. The number of amides is 4. The van der Waals surface area contributed by atoms with E-state index in [-0.39, 0.29) is 31.4 Å². The number of carbonyl (C=O) groups excluding carboxylic acids is 4. The minimum absolute atomic E-state index is 0.00749. The Morgan fingerprint density at radius 2 is 1.54 bits per heavy atom. The molecule has 0 aliphatic rings. The van der Waals surface area contributed by atoms with Crippen LogP contribution < -0.4 is 27.4 Å². The van der Waals surface area contributed by atoms with Gasteiger partial charge in [0.1, 0.15) is 23.9 Å². The van der Waals surface area contributed by atoms with E-state index >= 15 is 0 Å². The van der Waals surface area contributed by atoms with Crippen molar-refractivity contribution in [2.45, 2.75) is 62.9 Å². The number of hydrogen-bond donors (Lipinski definition) is 8. The van der Waals surface area contributed by atoms with Gasteiger partial charge in [-0.3, -0.25) is 19.2 Å². The van der Waals surface area contributed by atoms with Gasteiger partial charge in [0.15, 0.2) is 0 Å². The summed E-state index contributed by atoms with van der Waals surface area (Å²) in [5.74, 6) is -3.94. The first-order chi connectivity index (χ1) is 17.3. The van der Waals surface area contributed by atoms with Crippen molar-refractivity contribution in [3.8, 4) is 5.75 Å². The van der Waals surface area contributed by atoms with Gasteiger partial charge in [-0.2, -0.15) is 11.8 Å². The molecule has 1 aromatic carbocycles. The number of primary amides is 1. The lowest BCUT2D eigenvalue weighted by Crippen LogP contribution is -2.60. The number of carboxylic acids is 1. The number of phenolic OH excluding ortho intramolecular Hbond substituents is 1. The molecule has 0 aliphatic heterocycles. The number of hydrogen-bond acceptors (Lipinski definition) is 9. The molecule has 13 nitrogen and oxygen atoms in total. The van der Waals surface area contributed by atoms with Crippen LogP contribution in [0.15, 0.2) is 24.3 Å². The van der Waals surface area contributed by atoms with Crippen molar-refractivity contribution >= 4 is 41.4 Å². The summed E-state index contributed by atoms with van der Waals surface area (Å²) in [7, 11) is 0. The zero-order valence-electron chi connectivity index (χ0n) is 20.7. The lowest BCUT2D eigenvalue weighted by Gasteiger charge is -2.26. The summed E-state index contributed by atoms with van der Waals surface area (Å²) in [4.78, 5) is 60.9. The zero-order chi connectivity index (χ0) is 28.1. The number of aliphatic hydroxyl groups is 1. The van der Waals surface area contributed by atoms with Crippen LogP contribution in [0.1, 0.15) is 31.7 Å². The van der Waals surface area contributed by atoms with E-state index in [0.29, 0.717) is 11.3 Å². The quantitative estimate of drug-likeness (QED) is 0.117. The van der Waals surface area contributed by atoms with Gasteiger partial charge in [0.2, 0.25) is 23.6 Å². The van der Waals surface area contributed by atoms with E-state index in [1.165, 1.54) is 43.0 Å². The second kappa shape index (κ2) is 15.7. The van der Waals surface area contributed by atoms with E-state index in [0.717, 1.165) is 0 Å². The predicted molar refractivity (Wildman–Crippen MR) is 136 cm³/mol. The summed E-state index contributed by atoms with van der Waals surface area (Å²) >= 11 is 1.40. The van der Waals surface area contributed by atoms with E-state index in [1.807, 2.05) is 0 Å². The Hall–Kier alpha value is -3.36. The van der Waals surface area contributed by atoms with Crippen LogP contribution in [0.25, 0.3) is 0 Å². The van der Waals surface area contributed by atoms with Crippen LogP contribution in [-0.4, -0.2) is 87.2 Å². The molecule has 5 atom stereocenters. The third kappa shape index (κ3) is 11.5. The summed E-state index contributed by atoms with van der Waals surface area (Å²) in [6.07, 6.45) is 0.284. The molecule has 0 spiro atoms. The number of phenols is 1. The van der Waals surface area contributed by atoms with Crippen molar-refractivity contribution in [3.05, 3.63) is 29.8 Å². The first kappa shape index (κ1) is 31.7. The molecule has 0 radical (unpaired) electrons. The van der Waals surface area contributed by atoms with Crippen molar-refractivity contribution in [3.63, 3.8) is 0 Å². The third-order valence-electron chi connectivity index (χ3n) is 5.34. The van der Waals surface area contributed by atoms with Crippen LogP contribution in [0.5, 0.6) is 5.75 Å². The fraction of sp³-hybridized carbons (Fsp3) is 0.522. The summed E-state index contributed by atoms with van der Waals surface area (Å²) in [5, 5.41) is 36.2. The Morgan fingerprint density at radius 3 is 2.05 bits per heavy atom. The minimum Gasteiger partial charge on any atom is -0.508 e. The molecule has 37 heavy (non-hydrogen) atoms. The highest BCUT2D eigenvalue weighted by molar-refractivity contribution is 7.98. The molecule has 0 saturated carbocycles. The number of rotatable bonds is 16. The normalized spacial score (nSPS) is 14.9. The van der Waals surface area contributed by atoms with E-state index in [2.05, 4.69) is 16.0 Å². The maximum absolute atomic E-state index is 13.0. The summed E-state index contributed by atoms with van der Waals surface area (Å²) in [6.45, 7) is 1.26. The van der Waals surface area contributed by atoms with E-state index in [9.17, 15) is 39.3 Å². The Kier molecular flexibility index (Phi) is 13.4. The molecular weight excluding hydrogens is 506 g/mol. The minimum atomic E-state index is -1.47. The number of nitrogens with two attached hydrogens (primary N) is 2. The highest BCUT2D eigenvalue weighted by Crippen LogP contribution is 2.12. The fourth-order valence-electron chi connectivity index (χ4n) is 3.20. The molecule has 0 fully saturated rings. The van der Waals surface area contributed by atoms with Crippen LogP contribution >= 0.6 is 11.8 Å². The van der Waals surface area contributed by atoms with Crippen LogP contribution in [0, 0.1) is 0 Å². The number of aromatic hydroxyl groups is 1. The van der Waals surface area contributed by atoms with Gasteiger partial charge in [-0.1, -0.05) is 12.1 Å². The Labute approximate surface area is 218 Å². The number of aliphatic hydroxyl groups excluding tert-OH is 1. The molecule has 0 aromatic heterocycles. The topological polar surface area (TPSA) is 234 Å². The summed E-state index contributed by atoms with van der Waals surface area (Å²) in [6, 6.07) is 0.717. The smallest absolute Gasteiger partial charge is 0.326 e. The van der Waals surface area contributed by atoms with Gasteiger partial charge in [0.25, 0.3) is 0 Å². The maximum atomic E-state index is 13.0. The van der Waals surface area contributed by atoms with Crippen LogP contribution in [-0.2, 0) is 30.4 Å². The molecular formula is C23H35N5O8S. The van der Waals surface area contributed by atoms with Crippen molar-refractivity contribution in [1.29, 1.82) is 0 Å². The summed E-state index contributed by atoms with van der Waals surface area (Å²) in [5.41, 5.74) is 11.3.